The zero-order valence-corrected chi connectivity index (χ0v) is 11.7. The van der Waals surface area contributed by atoms with Crippen molar-refractivity contribution in [3.8, 4) is 0 Å². The van der Waals surface area contributed by atoms with Crippen LogP contribution in [0.1, 0.15) is 0 Å². The first kappa shape index (κ1) is 23.9. The molecule has 0 aromatic carbocycles. The minimum atomic E-state index is -4.67. The van der Waals surface area contributed by atoms with Gasteiger partial charge in [-0.25, -0.2) is 0 Å². The van der Waals surface area contributed by atoms with Crippen molar-refractivity contribution in [1.82, 2.24) is 0 Å². The second kappa shape index (κ2) is 9.86. The van der Waals surface area contributed by atoms with Crippen LogP contribution < -0.4 is 0 Å². The molecule has 0 aliphatic rings. The van der Waals surface area contributed by atoms with Gasteiger partial charge in [0, 0.05) is 78.9 Å². The molecule has 0 aromatic rings. The van der Waals surface area contributed by atoms with Crippen molar-refractivity contribution in [3.05, 3.63) is 0 Å². The summed E-state index contributed by atoms with van der Waals surface area (Å²) in [6.45, 7) is 0. The third kappa shape index (κ3) is 293. The first-order chi connectivity index (χ1) is 4.00. The van der Waals surface area contributed by atoms with Crippen LogP contribution in [0.5, 0.6) is 0 Å². The number of rotatable bonds is 0. The average Bonchev–Trinajstić information content (AvgIpc) is 1.12. The smallest absolute Gasteiger partial charge is 0.264 e. The van der Waals surface area contributed by atoms with Crippen LogP contribution in [0.4, 0.5) is 0 Å². The van der Waals surface area contributed by atoms with Gasteiger partial charge in [0.1, 0.15) is 0 Å². The van der Waals surface area contributed by atoms with E-state index in [0.29, 0.717) is 0 Å². The molecule has 0 saturated heterocycles. The molecule has 0 bridgehead atoms. The standard InChI is InChI=1S/Eu.Na.2H2O4S/c;;2*1-5(2,3)4/h;;2*(H2,1,2,3,4). The van der Waals surface area contributed by atoms with Gasteiger partial charge in [0.25, 0.3) is 0 Å². The molecule has 0 atom stereocenters. The van der Waals surface area contributed by atoms with Crippen molar-refractivity contribution in [1.29, 1.82) is 0 Å². The molecule has 0 aliphatic heterocycles. The van der Waals surface area contributed by atoms with Gasteiger partial charge >= 0.3 is 20.8 Å². The second-order valence-electron chi connectivity index (χ2n) is 0.896. The van der Waals surface area contributed by atoms with E-state index in [9.17, 15) is 0 Å². The van der Waals surface area contributed by atoms with Crippen molar-refractivity contribution in [2.45, 2.75) is 0 Å². The molecule has 0 amide bonds. The minimum Gasteiger partial charge on any atom is -0.264 e. The van der Waals surface area contributed by atoms with E-state index >= 15 is 0 Å². The fourth-order valence-electron chi connectivity index (χ4n) is 0. The molecule has 0 rings (SSSR count). The van der Waals surface area contributed by atoms with Crippen LogP contribution in [0.25, 0.3) is 0 Å². The molecule has 0 fully saturated rings. The van der Waals surface area contributed by atoms with Gasteiger partial charge in [0.05, 0.1) is 0 Å². The topological polar surface area (TPSA) is 149 Å². The maximum absolute atomic E-state index is 8.74. The normalized spacial score (nSPS) is 9.67. The van der Waals surface area contributed by atoms with E-state index in [0.717, 1.165) is 0 Å². The third-order valence-electron chi connectivity index (χ3n) is 0. The molecule has 12 heavy (non-hydrogen) atoms. The second-order valence-corrected chi connectivity index (χ2v) is 2.69. The molecular formula is H4EuNaO8S2. The van der Waals surface area contributed by atoms with Crippen LogP contribution >= 0.6 is 0 Å². The fourth-order valence-corrected chi connectivity index (χ4v) is 0. The predicted molar refractivity (Wildman–Crippen MR) is 34.1 cm³/mol. The summed E-state index contributed by atoms with van der Waals surface area (Å²) in [5, 5.41) is 0. The van der Waals surface area contributed by atoms with E-state index in [2.05, 4.69) is 0 Å². The summed E-state index contributed by atoms with van der Waals surface area (Å²) in [6, 6.07) is 0. The van der Waals surface area contributed by atoms with Crippen molar-refractivity contribution in [3.63, 3.8) is 0 Å². The van der Waals surface area contributed by atoms with E-state index in [1.54, 1.807) is 0 Å². The predicted octanol–water partition coefficient (Wildman–Crippen LogP) is -1.69. The van der Waals surface area contributed by atoms with Crippen LogP contribution in [-0.4, -0.2) is 64.6 Å². The van der Waals surface area contributed by atoms with Gasteiger partial charge in [-0.15, -0.1) is 0 Å². The molecule has 0 aliphatic carbocycles. The van der Waals surface area contributed by atoms with Crippen LogP contribution in [0.3, 0.4) is 0 Å². The quantitative estimate of drug-likeness (QED) is 0.291. The Morgan fingerprint density at radius 1 is 0.667 bits per heavy atom. The summed E-state index contributed by atoms with van der Waals surface area (Å²) < 4.78 is 63.2. The fraction of sp³-hybridized carbons (Fsp3) is 0. The SMILES string of the molecule is O=S(=O)(O)O.O=S(=O)(O)O.[Eu].[Na]. The van der Waals surface area contributed by atoms with Gasteiger partial charge in [0.2, 0.25) is 0 Å². The largest absolute Gasteiger partial charge is 0.394 e. The van der Waals surface area contributed by atoms with E-state index in [1.807, 2.05) is 0 Å². The van der Waals surface area contributed by atoms with E-state index in [-0.39, 0.29) is 78.9 Å². The summed E-state index contributed by atoms with van der Waals surface area (Å²) in [4.78, 5) is 0. The number of hydrogen-bond acceptors (Lipinski definition) is 4. The van der Waals surface area contributed by atoms with Gasteiger partial charge in [-0.2, -0.15) is 16.8 Å². The Hall–Kier alpha value is 2.32. The Kier molecular flexibility index (Phi) is 19.6. The Labute approximate surface area is 132 Å². The average molecular weight is 371 g/mol. The maximum Gasteiger partial charge on any atom is 0.394 e. The van der Waals surface area contributed by atoms with Crippen molar-refractivity contribution in [2.24, 2.45) is 0 Å². The van der Waals surface area contributed by atoms with Crippen molar-refractivity contribution < 1.29 is 84.4 Å². The maximum atomic E-state index is 8.74. The zero-order chi connectivity index (χ0) is 9.00. The first-order valence-corrected chi connectivity index (χ1v) is 4.19. The molecule has 0 aromatic heterocycles. The Bertz CT molecular complexity index is 213. The molecule has 12 heteroatoms. The van der Waals surface area contributed by atoms with Gasteiger partial charge in [-0.1, -0.05) is 0 Å². The molecule has 0 heterocycles. The van der Waals surface area contributed by atoms with Crippen LogP contribution in [0.15, 0.2) is 0 Å². The Morgan fingerprint density at radius 3 is 0.667 bits per heavy atom. The summed E-state index contributed by atoms with van der Waals surface area (Å²) >= 11 is 0. The van der Waals surface area contributed by atoms with Gasteiger partial charge in [0.15, 0.2) is 0 Å². The summed E-state index contributed by atoms with van der Waals surface area (Å²) in [6.07, 6.45) is 0. The minimum absolute atomic E-state index is 0. The van der Waals surface area contributed by atoms with E-state index < -0.39 is 20.8 Å². The van der Waals surface area contributed by atoms with Crippen molar-refractivity contribution in [2.75, 3.05) is 0 Å². The van der Waals surface area contributed by atoms with Gasteiger partial charge < -0.3 is 0 Å². The van der Waals surface area contributed by atoms with E-state index in [1.165, 1.54) is 0 Å². The molecule has 8 nitrogen and oxygen atoms in total. The van der Waals surface area contributed by atoms with Gasteiger partial charge in [-0.05, 0) is 0 Å². The molecular weight excluding hydrogens is 367 g/mol. The van der Waals surface area contributed by atoms with Crippen LogP contribution in [0.2, 0.25) is 0 Å². The summed E-state index contributed by atoms with van der Waals surface area (Å²) in [7, 11) is -9.33. The Balaban J connectivity index is -0.0000000457. The monoisotopic (exact) mass is 372 g/mol. The molecule has 0 spiro atoms. The molecule has 0 unspecified atom stereocenters. The summed E-state index contributed by atoms with van der Waals surface area (Å²) in [5.41, 5.74) is 0. The van der Waals surface area contributed by atoms with E-state index in [4.69, 9.17) is 35.0 Å². The van der Waals surface area contributed by atoms with Crippen LogP contribution in [0, 0.1) is 49.4 Å². The molecule has 72 valence electrons. The zero-order valence-electron chi connectivity index (χ0n) is 5.62. The molecule has 4 N–H and O–H groups in total. The summed E-state index contributed by atoms with van der Waals surface area (Å²) in [5.74, 6) is 0. The van der Waals surface area contributed by atoms with Crippen molar-refractivity contribution >= 4 is 50.4 Å². The molecule has 0 saturated carbocycles. The van der Waals surface area contributed by atoms with Crippen LogP contribution in [-0.2, 0) is 20.8 Å². The molecule has 2 radical (unpaired) electrons. The number of hydrogen-bond donors (Lipinski definition) is 4. The third-order valence-corrected chi connectivity index (χ3v) is 0. The van der Waals surface area contributed by atoms with Gasteiger partial charge in [-0.3, -0.25) is 18.2 Å². The Morgan fingerprint density at radius 2 is 0.667 bits per heavy atom. The first-order valence-electron chi connectivity index (χ1n) is 1.40.